The summed E-state index contributed by atoms with van der Waals surface area (Å²) in [6, 6.07) is 15.1. The van der Waals surface area contributed by atoms with Crippen molar-refractivity contribution in [3.63, 3.8) is 0 Å². The van der Waals surface area contributed by atoms with Gasteiger partial charge in [0.25, 0.3) is 0 Å². The molecule has 0 heterocycles. The Hall–Kier alpha value is -1.53. The lowest BCUT2D eigenvalue weighted by Crippen LogP contribution is -2.18. The molecule has 0 atom stereocenters. The fourth-order valence-electron chi connectivity index (χ4n) is 3.99. The number of fused-ring (bicyclic) bond motifs is 1. The number of allylic oxidation sites excluding steroid dienone is 2. The van der Waals surface area contributed by atoms with Crippen LogP contribution in [-0.4, -0.2) is 0 Å². The summed E-state index contributed by atoms with van der Waals surface area (Å²) in [5.74, 6) is 0. The van der Waals surface area contributed by atoms with Gasteiger partial charge in [-0.2, -0.15) is 0 Å². The van der Waals surface area contributed by atoms with Crippen LogP contribution < -0.4 is 0 Å². The Morgan fingerprint density at radius 3 is 2.23 bits per heavy atom. The molecule has 0 amide bonds. The zero-order chi connectivity index (χ0) is 15.9. The zero-order valence-corrected chi connectivity index (χ0v) is 14.6. The van der Waals surface area contributed by atoms with E-state index in [4.69, 9.17) is 11.6 Å². The van der Waals surface area contributed by atoms with E-state index in [2.05, 4.69) is 64.1 Å². The van der Waals surface area contributed by atoms with Crippen LogP contribution in [0.2, 0.25) is 5.02 Å². The predicted octanol–water partition coefficient (Wildman–Crippen LogP) is 6.51. The van der Waals surface area contributed by atoms with Gasteiger partial charge in [0.15, 0.2) is 0 Å². The minimum atomic E-state index is -0.0513. The predicted molar refractivity (Wildman–Crippen MR) is 97.4 cm³/mol. The summed E-state index contributed by atoms with van der Waals surface area (Å²) in [5, 5.41) is 0.887. The Morgan fingerprint density at radius 1 is 0.864 bits per heavy atom. The lowest BCUT2D eigenvalue weighted by atomic mass is 9.76. The number of rotatable bonds is 3. The van der Waals surface area contributed by atoms with Crippen molar-refractivity contribution in [1.82, 2.24) is 0 Å². The van der Waals surface area contributed by atoms with Crippen LogP contribution in [0.4, 0.5) is 0 Å². The largest absolute Gasteiger partial charge is 0.0840 e. The number of halogens is 1. The molecule has 0 radical (unpaired) electrons. The Balaban J connectivity index is 2.34. The van der Waals surface area contributed by atoms with E-state index in [-0.39, 0.29) is 5.41 Å². The van der Waals surface area contributed by atoms with Crippen LogP contribution in [0.1, 0.15) is 56.4 Å². The van der Waals surface area contributed by atoms with Crippen LogP contribution in [0.3, 0.4) is 0 Å². The first-order valence-corrected chi connectivity index (χ1v) is 8.51. The molecule has 0 saturated heterocycles. The second kappa shape index (κ2) is 5.59. The monoisotopic (exact) mass is 310 g/mol. The molecule has 22 heavy (non-hydrogen) atoms. The van der Waals surface area contributed by atoms with Gasteiger partial charge in [0.1, 0.15) is 0 Å². The van der Waals surface area contributed by atoms with Gasteiger partial charge in [0.05, 0.1) is 0 Å². The lowest BCUT2D eigenvalue weighted by Gasteiger charge is -2.27. The molecule has 0 bridgehead atoms. The van der Waals surface area contributed by atoms with Crippen molar-refractivity contribution in [3.8, 4) is 0 Å². The maximum absolute atomic E-state index is 6.58. The Kier molecular flexibility index (Phi) is 3.91. The highest BCUT2D eigenvalue weighted by Gasteiger charge is 2.39. The van der Waals surface area contributed by atoms with Gasteiger partial charge in [0, 0.05) is 10.4 Å². The molecule has 0 unspecified atom stereocenters. The SMILES string of the molecule is CCC1=C(c2ccccc2CC)C(C)(C)c2c(Cl)cccc21. The van der Waals surface area contributed by atoms with E-state index >= 15 is 0 Å². The van der Waals surface area contributed by atoms with E-state index in [0.717, 1.165) is 17.9 Å². The van der Waals surface area contributed by atoms with Crippen LogP contribution in [0.15, 0.2) is 42.5 Å². The lowest BCUT2D eigenvalue weighted by molar-refractivity contribution is 0.702. The van der Waals surface area contributed by atoms with Crippen molar-refractivity contribution in [3.05, 3.63) is 69.7 Å². The maximum Gasteiger partial charge on any atom is 0.0452 e. The third-order valence-electron chi connectivity index (χ3n) is 4.91. The maximum atomic E-state index is 6.58. The smallest absolute Gasteiger partial charge is 0.0452 e. The van der Waals surface area contributed by atoms with Gasteiger partial charge in [-0.25, -0.2) is 0 Å². The quantitative estimate of drug-likeness (QED) is 0.606. The fourth-order valence-corrected chi connectivity index (χ4v) is 4.40. The van der Waals surface area contributed by atoms with E-state index < -0.39 is 0 Å². The van der Waals surface area contributed by atoms with Gasteiger partial charge >= 0.3 is 0 Å². The molecule has 3 rings (SSSR count). The van der Waals surface area contributed by atoms with Crippen LogP contribution in [0.5, 0.6) is 0 Å². The molecule has 0 spiro atoms. The molecule has 1 aliphatic rings. The van der Waals surface area contributed by atoms with Crippen LogP contribution in [0, 0.1) is 0 Å². The third-order valence-corrected chi connectivity index (χ3v) is 5.23. The second-order valence-electron chi connectivity index (χ2n) is 6.51. The van der Waals surface area contributed by atoms with Gasteiger partial charge in [0.2, 0.25) is 0 Å². The first-order valence-electron chi connectivity index (χ1n) is 8.13. The molecule has 2 aromatic rings. The summed E-state index contributed by atoms with van der Waals surface area (Å²) < 4.78 is 0. The van der Waals surface area contributed by atoms with Gasteiger partial charge in [-0.1, -0.05) is 75.7 Å². The zero-order valence-electron chi connectivity index (χ0n) is 13.8. The number of benzene rings is 2. The second-order valence-corrected chi connectivity index (χ2v) is 6.91. The molecule has 114 valence electrons. The molecule has 0 aliphatic heterocycles. The summed E-state index contributed by atoms with van der Waals surface area (Å²) in [5.41, 5.74) is 8.28. The molecule has 0 N–H and O–H groups in total. The van der Waals surface area contributed by atoms with Crippen LogP contribution in [0.25, 0.3) is 11.1 Å². The van der Waals surface area contributed by atoms with Crippen molar-refractivity contribution >= 4 is 22.7 Å². The molecule has 2 aromatic carbocycles. The van der Waals surface area contributed by atoms with Crippen LogP contribution in [-0.2, 0) is 11.8 Å². The molecule has 0 saturated carbocycles. The molecule has 1 aliphatic carbocycles. The average molecular weight is 311 g/mol. The highest BCUT2D eigenvalue weighted by atomic mass is 35.5. The van der Waals surface area contributed by atoms with Gasteiger partial charge in [-0.05, 0) is 52.3 Å². The summed E-state index contributed by atoms with van der Waals surface area (Å²) in [6.07, 6.45) is 2.08. The third kappa shape index (κ3) is 2.13. The number of hydrogen-bond acceptors (Lipinski definition) is 0. The van der Waals surface area contributed by atoms with Gasteiger partial charge in [-0.3, -0.25) is 0 Å². The molecule has 0 fully saturated rings. The molecular weight excluding hydrogens is 288 g/mol. The Labute approximate surface area is 138 Å². The minimum absolute atomic E-state index is 0.0513. The highest BCUT2D eigenvalue weighted by Crippen LogP contribution is 2.54. The Bertz CT molecular complexity index is 750. The fraction of sp³-hybridized carbons (Fsp3) is 0.333. The standard InChI is InChI=1S/C21H23Cl/c1-5-14-10-7-8-11-16(14)19-15(6-2)17-12-9-13-18(22)20(17)21(19,3)4/h7-13H,5-6H2,1-4H3. The van der Waals surface area contributed by atoms with E-state index in [1.165, 1.54) is 33.4 Å². The van der Waals surface area contributed by atoms with E-state index in [1.807, 2.05) is 6.07 Å². The molecule has 1 heteroatoms. The molecule has 0 aromatic heterocycles. The van der Waals surface area contributed by atoms with Crippen molar-refractivity contribution in [2.24, 2.45) is 0 Å². The number of aryl methyl sites for hydroxylation is 1. The van der Waals surface area contributed by atoms with E-state index in [1.54, 1.807) is 0 Å². The first kappa shape index (κ1) is 15.4. The summed E-state index contributed by atoms with van der Waals surface area (Å²) in [4.78, 5) is 0. The van der Waals surface area contributed by atoms with Crippen molar-refractivity contribution in [2.45, 2.75) is 46.0 Å². The minimum Gasteiger partial charge on any atom is -0.0840 e. The molecular formula is C21H23Cl. The van der Waals surface area contributed by atoms with E-state index in [9.17, 15) is 0 Å². The van der Waals surface area contributed by atoms with Crippen molar-refractivity contribution in [1.29, 1.82) is 0 Å². The number of hydrogen-bond donors (Lipinski definition) is 0. The normalized spacial score (nSPS) is 16.0. The van der Waals surface area contributed by atoms with Crippen molar-refractivity contribution < 1.29 is 0 Å². The Morgan fingerprint density at radius 2 is 1.55 bits per heavy atom. The van der Waals surface area contributed by atoms with E-state index in [0.29, 0.717) is 0 Å². The summed E-state index contributed by atoms with van der Waals surface area (Å²) >= 11 is 6.58. The van der Waals surface area contributed by atoms with Gasteiger partial charge in [-0.15, -0.1) is 0 Å². The first-order chi connectivity index (χ1) is 10.5. The summed E-state index contributed by atoms with van der Waals surface area (Å²) in [6.45, 7) is 9.09. The molecule has 0 nitrogen and oxygen atoms in total. The average Bonchev–Trinajstić information content (AvgIpc) is 2.75. The topological polar surface area (TPSA) is 0 Å². The summed E-state index contributed by atoms with van der Waals surface area (Å²) in [7, 11) is 0. The van der Waals surface area contributed by atoms with Crippen LogP contribution >= 0.6 is 11.6 Å². The van der Waals surface area contributed by atoms with Crippen molar-refractivity contribution in [2.75, 3.05) is 0 Å². The highest BCUT2D eigenvalue weighted by molar-refractivity contribution is 6.32. The van der Waals surface area contributed by atoms with Gasteiger partial charge < -0.3 is 0 Å².